The fourth-order valence-electron chi connectivity index (χ4n) is 0.975. The molecule has 0 saturated heterocycles. The van der Waals surface area contributed by atoms with Crippen LogP contribution in [-0.4, -0.2) is 18.1 Å². The maximum Gasteiger partial charge on any atom is 0.365 e. The lowest BCUT2D eigenvalue weighted by Gasteiger charge is -2.06. The average Bonchev–Trinajstić information content (AvgIpc) is 2.69. The quantitative estimate of drug-likeness (QED) is 0.670. The van der Waals surface area contributed by atoms with Crippen molar-refractivity contribution in [2.75, 3.05) is 0 Å². The predicted molar refractivity (Wildman–Crippen MR) is 64.0 cm³/mol. The summed E-state index contributed by atoms with van der Waals surface area (Å²) < 4.78 is 5.76. The molecule has 0 atom stereocenters. The van der Waals surface area contributed by atoms with Crippen molar-refractivity contribution >= 4 is 34.0 Å². The van der Waals surface area contributed by atoms with E-state index in [9.17, 15) is 4.79 Å². The van der Waals surface area contributed by atoms with E-state index in [4.69, 9.17) is 4.42 Å². The molecule has 0 radical (unpaired) electrons. The Kier molecular flexibility index (Phi) is 3.24. The second-order valence-electron chi connectivity index (χ2n) is 2.91. The predicted octanol–water partition coefficient (Wildman–Crippen LogP) is 2.46. The van der Waals surface area contributed by atoms with Crippen LogP contribution in [0.2, 0.25) is 0 Å². The monoisotopic (exact) mass is 295 g/mol. The van der Waals surface area contributed by atoms with Gasteiger partial charge in [-0.1, -0.05) is 11.7 Å². The van der Waals surface area contributed by atoms with Gasteiger partial charge in [0.1, 0.15) is 11.5 Å². The van der Waals surface area contributed by atoms with Gasteiger partial charge in [0, 0.05) is 0 Å². The zero-order chi connectivity index (χ0) is 12.3. The average molecular weight is 296 g/mol. The largest absolute Gasteiger partial charge is 0.448 e. The van der Waals surface area contributed by atoms with Gasteiger partial charge < -0.3 is 4.42 Å². The molecular formula is C9H6BrN5O2. The summed E-state index contributed by atoms with van der Waals surface area (Å²) in [5.41, 5.74) is 0.238. The Labute approximate surface area is 104 Å². The molecule has 2 rings (SSSR count). The summed E-state index contributed by atoms with van der Waals surface area (Å²) in [6.45, 7) is 3.55. The van der Waals surface area contributed by atoms with Gasteiger partial charge in [0.05, 0.1) is 6.21 Å². The van der Waals surface area contributed by atoms with Gasteiger partial charge in [-0.3, -0.25) is 5.32 Å². The van der Waals surface area contributed by atoms with Gasteiger partial charge in [0.15, 0.2) is 10.5 Å². The molecule has 1 aromatic heterocycles. The van der Waals surface area contributed by atoms with E-state index < -0.39 is 6.03 Å². The highest BCUT2D eigenvalue weighted by molar-refractivity contribution is 9.10. The molecule has 86 valence electrons. The number of nitrogens with zero attached hydrogens (tertiary/aromatic N) is 4. The number of rotatable bonds is 2. The normalized spacial score (nSPS) is 18.1. The van der Waals surface area contributed by atoms with Crippen molar-refractivity contribution in [1.82, 2.24) is 5.32 Å². The summed E-state index contributed by atoms with van der Waals surface area (Å²) in [7, 11) is 0. The lowest BCUT2D eigenvalue weighted by atomic mass is 10.4. The molecule has 0 aromatic carbocycles. The molecule has 1 aromatic rings. The lowest BCUT2D eigenvalue weighted by Crippen LogP contribution is -2.31. The summed E-state index contributed by atoms with van der Waals surface area (Å²) >= 11 is 3.16. The van der Waals surface area contributed by atoms with Crippen molar-refractivity contribution < 1.29 is 9.21 Å². The lowest BCUT2D eigenvalue weighted by molar-refractivity contribution is 0.251. The van der Waals surface area contributed by atoms with Crippen molar-refractivity contribution in [3.05, 3.63) is 34.8 Å². The van der Waals surface area contributed by atoms with Crippen LogP contribution >= 0.6 is 15.9 Å². The number of azo groups is 1. The number of halogens is 1. The SMILES string of the molecule is C=C1N=NC(=O)N/C1=N/N=C/c1ccc(Br)o1. The molecule has 2 amide bonds. The summed E-state index contributed by atoms with van der Waals surface area (Å²) in [5, 5.41) is 16.6. The maximum absolute atomic E-state index is 10.9. The van der Waals surface area contributed by atoms with E-state index in [0.717, 1.165) is 0 Å². The number of carbonyl (C=O) groups excluding carboxylic acids is 1. The van der Waals surface area contributed by atoms with Crippen LogP contribution in [0.15, 0.2) is 53.9 Å². The van der Waals surface area contributed by atoms with Crippen molar-refractivity contribution in [3.8, 4) is 0 Å². The van der Waals surface area contributed by atoms with Gasteiger partial charge in [-0.2, -0.15) is 5.10 Å². The smallest absolute Gasteiger partial charge is 0.365 e. The molecule has 7 nitrogen and oxygen atoms in total. The first-order valence-corrected chi connectivity index (χ1v) is 5.23. The summed E-state index contributed by atoms with van der Waals surface area (Å²) in [6, 6.07) is 2.83. The number of amides is 2. The molecule has 1 N–H and O–H groups in total. The molecule has 0 saturated carbocycles. The van der Waals surface area contributed by atoms with Gasteiger partial charge >= 0.3 is 6.03 Å². The van der Waals surface area contributed by atoms with E-state index in [-0.39, 0.29) is 11.5 Å². The minimum Gasteiger partial charge on any atom is -0.448 e. The molecule has 0 spiro atoms. The van der Waals surface area contributed by atoms with Crippen molar-refractivity contribution in [2.24, 2.45) is 20.4 Å². The van der Waals surface area contributed by atoms with Crippen molar-refractivity contribution in [1.29, 1.82) is 0 Å². The first kappa shape index (κ1) is 11.4. The fourth-order valence-corrected chi connectivity index (χ4v) is 1.29. The Hall–Kier alpha value is -2.09. The Morgan fingerprint density at radius 3 is 3.00 bits per heavy atom. The minimum absolute atomic E-state index is 0.159. The molecule has 1 aliphatic rings. The van der Waals surface area contributed by atoms with Gasteiger partial charge in [0.25, 0.3) is 0 Å². The maximum atomic E-state index is 10.9. The van der Waals surface area contributed by atoms with Crippen LogP contribution in [0.5, 0.6) is 0 Å². The van der Waals surface area contributed by atoms with Crippen LogP contribution in [0, 0.1) is 0 Å². The minimum atomic E-state index is -0.605. The molecule has 0 unspecified atom stereocenters. The molecule has 2 heterocycles. The number of amidine groups is 1. The summed E-state index contributed by atoms with van der Waals surface area (Å²) in [6.07, 6.45) is 1.39. The zero-order valence-electron chi connectivity index (χ0n) is 8.42. The summed E-state index contributed by atoms with van der Waals surface area (Å²) in [4.78, 5) is 10.9. The molecule has 0 bridgehead atoms. The van der Waals surface area contributed by atoms with Crippen LogP contribution in [-0.2, 0) is 0 Å². The molecule has 8 heteroatoms. The molecule has 1 aliphatic heterocycles. The van der Waals surface area contributed by atoms with E-state index in [1.54, 1.807) is 12.1 Å². The van der Waals surface area contributed by atoms with Crippen LogP contribution in [0.4, 0.5) is 4.79 Å². The third-order valence-corrected chi connectivity index (χ3v) is 2.12. The van der Waals surface area contributed by atoms with E-state index in [1.165, 1.54) is 6.21 Å². The molecule has 0 aliphatic carbocycles. The number of urea groups is 1. The third kappa shape index (κ3) is 2.94. The second-order valence-corrected chi connectivity index (χ2v) is 3.69. The Morgan fingerprint density at radius 2 is 2.29 bits per heavy atom. The van der Waals surface area contributed by atoms with Crippen LogP contribution in [0.1, 0.15) is 5.76 Å². The van der Waals surface area contributed by atoms with Crippen LogP contribution in [0.3, 0.4) is 0 Å². The number of carbonyl (C=O) groups is 1. The molecular weight excluding hydrogens is 290 g/mol. The van der Waals surface area contributed by atoms with Crippen molar-refractivity contribution in [3.63, 3.8) is 0 Å². The zero-order valence-corrected chi connectivity index (χ0v) is 10.0. The van der Waals surface area contributed by atoms with Gasteiger partial charge in [-0.05, 0) is 28.1 Å². The number of hydrogen-bond acceptors (Lipinski definition) is 5. The second kappa shape index (κ2) is 4.83. The van der Waals surface area contributed by atoms with E-state index in [0.29, 0.717) is 10.4 Å². The van der Waals surface area contributed by atoms with Gasteiger partial charge in [0.2, 0.25) is 0 Å². The number of nitrogens with one attached hydrogen (secondary N) is 1. The molecule has 17 heavy (non-hydrogen) atoms. The Morgan fingerprint density at radius 1 is 1.47 bits per heavy atom. The highest BCUT2D eigenvalue weighted by Gasteiger charge is 2.13. The summed E-state index contributed by atoms with van der Waals surface area (Å²) in [5.74, 6) is 0.683. The Balaban J connectivity index is 2.10. The highest BCUT2D eigenvalue weighted by atomic mass is 79.9. The standard InChI is InChI=1S/C9H6BrN5O2/c1-5-8(12-9(16)15-13-5)14-11-4-6-2-3-7(10)17-6/h2-4H,1H2,(H,12,14,16)/b11-4+. The first-order valence-electron chi connectivity index (χ1n) is 4.43. The highest BCUT2D eigenvalue weighted by Crippen LogP contribution is 2.12. The van der Waals surface area contributed by atoms with Crippen molar-refractivity contribution in [2.45, 2.75) is 0 Å². The van der Waals surface area contributed by atoms with Crippen LogP contribution in [0.25, 0.3) is 0 Å². The number of furan rings is 1. The van der Waals surface area contributed by atoms with Crippen LogP contribution < -0.4 is 5.32 Å². The van der Waals surface area contributed by atoms with E-state index in [1.807, 2.05) is 0 Å². The molecule has 0 fully saturated rings. The Bertz CT molecular complexity index is 557. The van der Waals surface area contributed by atoms with Gasteiger partial charge in [-0.25, -0.2) is 4.79 Å². The number of hydrogen-bond donors (Lipinski definition) is 1. The fraction of sp³-hybridized carbons (Fsp3) is 0. The van der Waals surface area contributed by atoms with E-state index in [2.05, 4.69) is 48.3 Å². The first-order chi connectivity index (χ1) is 8.15. The van der Waals surface area contributed by atoms with Gasteiger partial charge in [-0.15, -0.1) is 10.2 Å². The topological polar surface area (TPSA) is 91.7 Å². The third-order valence-electron chi connectivity index (χ3n) is 1.70. The van der Waals surface area contributed by atoms with E-state index >= 15 is 0 Å².